The van der Waals surface area contributed by atoms with Crippen LogP contribution in [0.5, 0.6) is 0 Å². The topological polar surface area (TPSA) is 88.3 Å². The number of anilines is 2. The molecule has 2 aromatic carbocycles. The van der Waals surface area contributed by atoms with Gasteiger partial charge in [0.05, 0.1) is 11.7 Å². The maximum absolute atomic E-state index is 12.3. The standard InChI is InChI=1S/C21H20N4O3S/c26-18(14-29-13-15-7-3-1-4-8-15)22-21-24-23-20(28-21)16-11-19(27)25(12-16)17-9-5-2-6-10-17/h1-10,16H,11-14H2,(H,22,24,26)/t16-/m1/s1. The first-order chi connectivity index (χ1) is 14.2. The number of amides is 2. The summed E-state index contributed by atoms with van der Waals surface area (Å²) in [6, 6.07) is 19.5. The van der Waals surface area contributed by atoms with Gasteiger partial charge in [0.15, 0.2) is 0 Å². The summed E-state index contributed by atoms with van der Waals surface area (Å²) in [6.45, 7) is 0.478. The second kappa shape index (κ2) is 8.91. The molecule has 1 aliphatic heterocycles. The molecule has 0 saturated carbocycles. The second-order valence-electron chi connectivity index (χ2n) is 6.71. The minimum absolute atomic E-state index is 0.0160. The summed E-state index contributed by atoms with van der Waals surface area (Å²) in [5.41, 5.74) is 2.02. The van der Waals surface area contributed by atoms with E-state index < -0.39 is 0 Å². The van der Waals surface area contributed by atoms with Gasteiger partial charge in [-0.2, -0.15) is 0 Å². The Balaban J connectivity index is 1.29. The Hall–Kier alpha value is -3.13. The first-order valence-corrected chi connectivity index (χ1v) is 10.4. The highest BCUT2D eigenvalue weighted by atomic mass is 32.2. The summed E-state index contributed by atoms with van der Waals surface area (Å²) >= 11 is 1.51. The van der Waals surface area contributed by atoms with Gasteiger partial charge in [0.2, 0.25) is 17.7 Å². The van der Waals surface area contributed by atoms with Crippen molar-refractivity contribution in [3.8, 4) is 0 Å². The summed E-state index contributed by atoms with van der Waals surface area (Å²) in [6.07, 6.45) is 0.303. The van der Waals surface area contributed by atoms with Crippen LogP contribution in [0.2, 0.25) is 0 Å². The molecule has 8 heteroatoms. The van der Waals surface area contributed by atoms with Crippen molar-refractivity contribution in [2.24, 2.45) is 0 Å². The molecule has 29 heavy (non-hydrogen) atoms. The van der Waals surface area contributed by atoms with Gasteiger partial charge < -0.3 is 9.32 Å². The van der Waals surface area contributed by atoms with Crippen LogP contribution < -0.4 is 10.2 Å². The number of aromatic nitrogens is 2. The number of carbonyl (C=O) groups is 2. The molecule has 0 aliphatic carbocycles. The Morgan fingerprint density at radius 1 is 1.10 bits per heavy atom. The molecule has 1 atom stereocenters. The number of benzene rings is 2. The Kier molecular flexibility index (Phi) is 5.90. The Bertz CT molecular complexity index is 978. The molecular weight excluding hydrogens is 388 g/mol. The van der Waals surface area contributed by atoms with Crippen LogP contribution in [-0.2, 0) is 15.3 Å². The van der Waals surface area contributed by atoms with E-state index in [4.69, 9.17) is 4.42 Å². The zero-order chi connectivity index (χ0) is 20.1. The molecule has 7 nitrogen and oxygen atoms in total. The smallest absolute Gasteiger partial charge is 0.322 e. The number of para-hydroxylation sites is 1. The van der Waals surface area contributed by atoms with Gasteiger partial charge in [0.25, 0.3) is 0 Å². The van der Waals surface area contributed by atoms with Crippen molar-refractivity contribution in [3.05, 3.63) is 72.1 Å². The van der Waals surface area contributed by atoms with Crippen LogP contribution in [0.4, 0.5) is 11.7 Å². The van der Waals surface area contributed by atoms with Crippen molar-refractivity contribution in [1.29, 1.82) is 0 Å². The number of hydrogen-bond donors (Lipinski definition) is 1. The predicted octanol–water partition coefficient (Wildman–Crippen LogP) is 3.46. The lowest BCUT2D eigenvalue weighted by Crippen LogP contribution is -2.24. The summed E-state index contributed by atoms with van der Waals surface area (Å²) in [5, 5.41) is 10.6. The molecule has 1 aromatic heterocycles. The van der Waals surface area contributed by atoms with Crippen LogP contribution in [0.15, 0.2) is 65.1 Å². The number of hydrogen-bond acceptors (Lipinski definition) is 6. The lowest BCUT2D eigenvalue weighted by molar-refractivity contribution is -0.117. The number of rotatable bonds is 7. The minimum atomic E-state index is -0.199. The van der Waals surface area contributed by atoms with Crippen molar-refractivity contribution < 1.29 is 14.0 Å². The van der Waals surface area contributed by atoms with Crippen molar-refractivity contribution in [2.75, 3.05) is 22.5 Å². The average molecular weight is 408 g/mol. The molecule has 3 aromatic rings. The minimum Gasteiger partial charge on any atom is -0.407 e. The average Bonchev–Trinajstić information content (AvgIpc) is 3.36. The van der Waals surface area contributed by atoms with Crippen LogP contribution >= 0.6 is 11.8 Å². The normalized spacial score (nSPS) is 16.2. The second-order valence-corrected chi connectivity index (χ2v) is 7.70. The van der Waals surface area contributed by atoms with E-state index in [0.29, 0.717) is 18.9 Å². The fraction of sp³-hybridized carbons (Fsp3) is 0.238. The van der Waals surface area contributed by atoms with Crippen LogP contribution in [0.1, 0.15) is 23.8 Å². The van der Waals surface area contributed by atoms with Gasteiger partial charge in [-0.3, -0.25) is 14.9 Å². The molecule has 1 aliphatic rings. The number of nitrogens with one attached hydrogen (secondary N) is 1. The van der Waals surface area contributed by atoms with E-state index in [-0.39, 0.29) is 29.5 Å². The third kappa shape index (κ3) is 4.83. The van der Waals surface area contributed by atoms with E-state index in [2.05, 4.69) is 15.5 Å². The summed E-state index contributed by atoms with van der Waals surface area (Å²) in [4.78, 5) is 26.2. The molecule has 0 bridgehead atoms. The van der Waals surface area contributed by atoms with Gasteiger partial charge in [0.1, 0.15) is 0 Å². The van der Waals surface area contributed by atoms with Crippen molar-refractivity contribution in [3.63, 3.8) is 0 Å². The maximum atomic E-state index is 12.3. The Morgan fingerprint density at radius 3 is 2.59 bits per heavy atom. The molecule has 0 unspecified atom stereocenters. The molecule has 0 radical (unpaired) electrons. The van der Waals surface area contributed by atoms with E-state index in [9.17, 15) is 9.59 Å². The Morgan fingerprint density at radius 2 is 1.83 bits per heavy atom. The third-order valence-corrected chi connectivity index (χ3v) is 5.58. The van der Waals surface area contributed by atoms with Crippen molar-refractivity contribution >= 4 is 35.3 Å². The number of carbonyl (C=O) groups excluding carboxylic acids is 2. The first-order valence-electron chi connectivity index (χ1n) is 9.29. The van der Waals surface area contributed by atoms with Crippen LogP contribution in [0.25, 0.3) is 0 Å². The van der Waals surface area contributed by atoms with Crippen molar-refractivity contribution in [1.82, 2.24) is 10.2 Å². The van der Waals surface area contributed by atoms with Crippen LogP contribution in [0, 0.1) is 0 Å². The number of thioether (sulfide) groups is 1. The summed E-state index contributed by atoms with van der Waals surface area (Å²) in [7, 11) is 0. The molecule has 2 heterocycles. The summed E-state index contributed by atoms with van der Waals surface area (Å²) in [5.74, 6) is 1.04. The van der Waals surface area contributed by atoms with E-state index in [1.165, 1.54) is 17.3 Å². The fourth-order valence-electron chi connectivity index (χ4n) is 3.17. The van der Waals surface area contributed by atoms with Gasteiger partial charge in [-0.25, -0.2) is 0 Å². The van der Waals surface area contributed by atoms with E-state index in [0.717, 1.165) is 11.4 Å². The van der Waals surface area contributed by atoms with E-state index in [1.807, 2.05) is 60.7 Å². The molecule has 148 valence electrons. The Labute approximate surface area is 172 Å². The van der Waals surface area contributed by atoms with Crippen molar-refractivity contribution in [2.45, 2.75) is 18.1 Å². The van der Waals surface area contributed by atoms with E-state index >= 15 is 0 Å². The third-order valence-electron chi connectivity index (χ3n) is 4.57. The fourth-order valence-corrected chi connectivity index (χ4v) is 3.96. The maximum Gasteiger partial charge on any atom is 0.322 e. The molecule has 4 rings (SSSR count). The lowest BCUT2D eigenvalue weighted by atomic mass is 10.1. The molecule has 1 N–H and O–H groups in total. The predicted molar refractivity (Wildman–Crippen MR) is 112 cm³/mol. The zero-order valence-electron chi connectivity index (χ0n) is 15.7. The monoisotopic (exact) mass is 408 g/mol. The SMILES string of the molecule is O=C(CSCc1ccccc1)Nc1nnc([C@@H]2CC(=O)N(c3ccccc3)C2)o1. The van der Waals surface area contributed by atoms with Gasteiger partial charge in [0, 0.05) is 24.4 Å². The lowest BCUT2D eigenvalue weighted by Gasteiger charge is -2.15. The highest BCUT2D eigenvalue weighted by molar-refractivity contribution is 7.99. The highest BCUT2D eigenvalue weighted by Gasteiger charge is 2.35. The molecule has 1 saturated heterocycles. The zero-order valence-corrected chi connectivity index (χ0v) is 16.5. The van der Waals surface area contributed by atoms with E-state index in [1.54, 1.807) is 4.90 Å². The van der Waals surface area contributed by atoms with Crippen LogP contribution in [0.3, 0.4) is 0 Å². The largest absolute Gasteiger partial charge is 0.407 e. The van der Waals surface area contributed by atoms with Gasteiger partial charge in [-0.15, -0.1) is 16.9 Å². The quantitative estimate of drug-likeness (QED) is 0.644. The van der Waals surface area contributed by atoms with Crippen LogP contribution in [-0.4, -0.2) is 34.3 Å². The highest BCUT2D eigenvalue weighted by Crippen LogP contribution is 2.31. The molecule has 2 amide bonds. The molecule has 0 spiro atoms. The van der Waals surface area contributed by atoms with Gasteiger partial charge >= 0.3 is 6.01 Å². The number of nitrogens with zero attached hydrogens (tertiary/aromatic N) is 3. The van der Waals surface area contributed by atoms with Gasteiger partial charge in [-0.05, 0) is 17.7 Å². The first kappa shape index (κ1) is 19.2. The summed E-state index contributed by atoms with van der Waals surface area (Å²) < 4.78 is 5.59. The molecular formula is C21H20N4O3S. The van der Waals surface area contributed by atoms with Gasteiger partial charge in [-0.1, -0.05) is 53.6 Å². The molecule has 1 fully saturated rings.